The number of amides is 2. The Hall–Kier alpha value is -2.51. The number of rotatable bonds is 2. The predicted molar refractivity (Wildman–Crippen MR) is 101 cm³/mol. The zero-order valence-corrected chi connectivity index (χ0v) is 14.8. The Kier molecular flexibility index (Phi) is 6.51. The van der Waals surface area contributed by atoms with Crippen molar-refractivity contribution in [3.63, 3.8) is 0 Å². The maximum Gasteiger partial charge on any atom is 0.229 e. The molecule has 1 aliphatic heterocycles. The van der Waals surface area contributed by atoms with Gasteiger partial charge < -0.3 is 16.0 Å². The van der Waals surface area contributed by atoms with Crippen molar-refractivity contribution in [3.05, 3.63) is 42.1 Å². The Bertz CT molecular complexity index is 764. The highest BCUT2D eigenvalue weighted by atomic mass is 16.2. The Labute approximate surface area is 153 Å². The maximum absolute atomic E-state index is 11.8. The first kappa shape index (κ1) is 18.3. The minimum Gasteiger partial charge on any atom is -0.354 e. The first-order valence-electron chi connectivity index (χ1n) is 9.02. The average molecular weight is 355 g/mol. The van der Waals surface area contributed by atoms with Crippen molar-refractivity contribution in [2.45, 2.75) is 13.0 Å². The second kappa shape index (κ2) is 9.26. The number of carbonyl (C=O) groups is 2. The van der Waals surface area contributed by atoms with Crippen LogP contribution in [-0.4, -0.2) is 61.0 Å². The summed E-state index contributed by atoms with van der Waals surface area (Å²) in [4.78, 5) is 30.4. The van der Waals surface area contributed by atoms with Gasteiger partial charge in [0.2, 0.25) is 11.8 Å². The van der Waals surface area contributed by atoms with Crippen LogP contribution in [0.1, 0.15) is 12.1 Å². The second-order valence-electron chi connectivity index (χ2n) is 6.40. The van der Waals surface area contributed by atoms with Gasteiger partial charge in [-0.1, -0.05) is 24.3 Å². The molecule has 138 valence electrons. The number of nitrogens with one attached hydrogen (secondary N) is 3. The van der Waals surface area contributed by atoms with Crippen LogP contribution in [-0.2, 0) is 16.1 Å². The van der Waals surface area contributed by atoms with Crippen molar-refractivity contribution in [1.29, 1.82) is 0 Å². The van der Waals surface area contributed by atoms with Crippen LogP contribution in [0.5, 0.6) is 0 Å². The van der Waals surface area contributed by atoms with E-state index in [9.17, 15) is 9.59 Å². The van der Waals surface area contributed by atoms with Crippen molar-refractivity contribution >= 4 is 22.7 Å². The molecule has 0 unspecified atom stereocenters. The molecule has 1 aromatic heterocycles. The fourth-order valence-electron chi connectivity index (χ4n) is 2.97. The van der Waals surface area contributed by atoms with Gasteiger partial charge in [-0.2, -0.15) is 0 Å². The summed E-state index contributed by atoms with van der Waals surface area (Å²) >= 11 is 0. The van der Waals surface area contributed by atoms with E-state index in [4.69, 9.17) is 4.98 Å². The summed E-state index contributed by atoms with van der Waals surface area (Å²) < 4.78 is 0. The van der Waals surface area contributed by atoms with Crippen molar-refractivity contribution in [1.82, 2.24) is 25.8 Å². The molecule has 2 amide bonds. The van der Waals surface area contributed by atoms with Crippen molar-refractivity contribution in [3.8, 4) is 0 Å². The third kappa shape index (κ3) is 5.50. The third-order valence-corrected chi connectivity index (χ3v) is 4.34. The molecular formula is C19H25N5O2. The van der Waals surface area contributed by atoms with Crippen LogP contribution < -0.4 is 16.0 Å². The minimum atomic E-state index is -0.238. The minimum absolute atomic E-state index is 0.119. The Morgan fingerprint density at radius 3 is 2.54 bits per heavy atom. The number of nitrogens with zero attached hydrogens (tertiary/aromatic N) is 2. The molecule has 0 radical (unpaired) electrons. The summed E-state index contributed by atoms with van der Waals surface area (Å²) in [6.45, 7) is 4.83. The second-order valence-corrected chi connectivity index (χ2v) is 6.40. The monoisotopic (exact) mass is 355 g/mol. The van der Waals surface area contributed by atoms with Gasteiger partial charge in [0.05, 0.1) is 11.2 Å². The van der Waals surface area contributed by atoms with E-state index >= 15 is 0 Å². The van der Waals surface area contributed by atoms with Crippen LogP contribution in [0.15, 0.2) is 36.4 Å². The van der Waals surface area contributed by atoms with Gasteiger partial charge >= 0.3 is 0 Å². The van der Waals surface area contributed by atoms with Crippen LogP contribution in [0.4, 0.5) is 0 Å². The van der Waals surface area contributed by atoms with E-state index in [0.717, 1.165) is 36.2 Å². The highest BCUT2D eigenvalue weighted by Crippen LogP contribution is 2.12. The van der Waals surface area contributed by atoms with E-state index in [1.54, 1.807) is 0 Å². The summed E-state index contributed by atoms with van der Waals surface area (Å²) in [6, 6.07) is 12.2. The van der Waals surface area contributed by atoms with Crippen LogP contribution in [0, 0.1) is 0 Å². The van der Waals surface area contributed by atoms with Gasteiger partial charge in [-0.05, 0) is 12.1 Å². The average Bonchev–Trinajstić information content (AvgIpc) is 2.65. The molecule has 1 aromatic carbocycles. The van der Waals surface area contributed by atoms with Gasteiger partial charge in [-0.15, -0.1) is 0 Å². The number of hydrogen-bond acceptors (Lipinski definition) is 5. The van der Waals surface area contributed by atoms with Crippen LogP contribution in [0.2, 0.25) is 0 Å². The zero-order chi connectivity index (χ0) is 18.2. The molecule has 0 saturated carbocycles. The molecule has 3 N–H and O–H groups in total. The lowest BCUT2D eigenvalue weighted by atomic mass is 10.2. The molecule has 0 spiro atoms. The smallest absolute Gasteiger partial charge is 0.229 e. The Morgan fingerprint density at radius 2 is 1.65 bits per heavy atom. The van der Waals surface area contributed by atoms with Crippen LogP contribution >= 0.6 is 0 Å². The lowest BCUT2D eigenvalue weighted by molar-refractivity contribution is -0.129. The van der Waals surface area contributed by atoms with Crippen LogP contribution in [0.3, 0.4) is 0 Å². The Balaban J connectivity index is 1.63. The molecule has 1 saturated heterocycles. The topological polar surface area (TPSA) is 86.4 Å². The number of carbonyl (C=O) groups excluding carboxylic acids is 2. The number of fused-ring (bicyclic) bond motifs is 1. The fourth-order valence-corrected chi connectivity index (χ4v) is 2.97. The molecular weight excluding hydrogens is 330 g/mol. The summed E-state index contributed by atoms with van der Waals surface area (Å²) in [5.41, 5.74) is 2.00. The largest absolute Gasteiger partial charge is 0.354 e. The molecule has 2 aromatic rings. The molecule has 0 aliphatic carbocycles. The molecule has 26 heavy (non-hydrogen) atoms. The lowest BCUT2D eigenvalue weighted by Crippen LogP contribution is -2.38. The first-order valence-corrected chi connectivity index (χ1v) is 9.02. The number of pyridine rings is 1. The van der Waals surface area contributed by atoms with E-state index in [0.29, 0.717) is 26.2 Å². The van der Waals surface area contributed by atoms with Crippen molar-refractivity contribution in [2.75, 3.05) is 39.3 Å². The highest BCUT2D eigenvalue weighted by Gasteiger charge is 2.12. The van der Waals surface area contributed by atoms with Crippen molar-refractivity contribution < 1.29 is 9.59 Å². The number of para-hydroxylation sites is 1. The predicted octanol–water partition coefficient (Wildman–Crippen LogP) is 0.263. The summed E-state index contributed by atoms with van der Waals surface area (Å²) in [5.74, 6) is -0.473. The molecule has 0 atom stereocenters. The van der Waals surface area contributed by atoms with Gasteiger partial charge in [0, 0.05) is 51.2 Å². The molecule has 3 rings (SSSR count). The molecule has 0 bridgehead atoms. The summed E-state index contributed by atoms with van der Waals surface area (Å²) in [6.07, 6.45) is -0.119. The number of hydrogen-bond donors (Lipinski definition) is 3. The summed E-state index contributed by atoms with van der Waals surface area (Å²) in [7, 11) is 0. The van der Waals surface area contributed by atoms with Gasteiger partial charge in [-0.3, -0.25) is 19.5 Å². The van der Waals surface area contributed by atoms with Gasteiger partial charge in [0.25, 0.3) is 0 Å². The SMILES string of the molecule is O=C1CC(=O)NCCN(Cc2ccc3ccccc3n2)CCNCCN1. The lowest BCUT2D eigenvalue weighted by Gasteiger charge is -2.22. The zero-order valence-electron chi connectivity index (χ0n) is 14.8. The van der Waals surface area contributed by atoms with Gasteiger partial charge in [0.15, 0.2) is 0 Å². The third-order valence-electron chi connectivity index (χ3n) is 4.34. The quantitative estimate of drug-likeness (QED) is 0.673. The Morgan fingerprint density at radius 1 is 0.885 bits per heavy atom. The molecule has 1 aliphatic rings. The van der Waals surface area contributed by atoms with E-state index in [-0.39, 0.29) is 18.2 Å². The molecule has 2 heterocycles. The molecule has 1 fully saturated rings. The van der Waals surface area contributed by atoms with E-state index in [2.05, 4.69) is 39.0 Å². The van der Waals surface area contributed by atoms with Gasteiger partial charge in [0.1, 0.15) is 6.42 Å². The number of aromatic nitrogens is 1. The standard InChI is InChI=1S/C19H25N5O2/c25-18-13-19(26)22-10-12-24(11-9-20-7-8-21-18)14-16-6-5-15-3-1-2-4-17(15)23-16/h1-6,20H,7-14H2,(H,21,25)(H,22,26). The van der Waals surface area contributed by atoms with E-state index < -0.39 is 0 Å². The fraction of sp³-hybridized carbons (Fsp3) is 0.421. The molecule has 7 heteroatoms. The highest BCUT2D eigenvalue weighted by molar-refractivity contribution is 5.96. The first-order chi connectivity index (χ1) is 12.7. The normalized spacial score (nSPS) is 18.3. The van der Waals surface area contributed by atoms with Crippen LogP contribution in [0.25, 0.3) is 10.9 Å². The van der Waals surface area contributed by atoms with Gasteiger partial charge in [-0.25, -0.2) is 0 Å². The number of benzene rings is 1. The van der Waals surface area contributed by atoms with Crippen molar-refractivity contribution in [2.24, 2.45) is 0 Å². The van der Waals surface area contributed by atoms with E-state index in [1.807, 2.05) is 18.2 Å². The maximum atomic E-state index is 11.8. The molecule has 7 nitrogen and oxygen atoms in total. The van der Waals surface area contributed by atoms with E-state index in [1.165, 1.54) is 0 Å². The summed E-state index contributed by atoms with van der Waals surface area (Å²) in [5, 5.41) is 10.00.